The van der Waals surface area contributed by atoms with E-state index >= 15 is 0 Å². The van der Waals surface area contributed by atoms with Crippen LogP contribution in [0.3, 0.4) is 0 Å². The van der Waals surface area contributed by atoms with Crippen LogP contribution in [0.4, 0.5) is 0 Å². The Morgan fingerprint density at radius 1 is 1.33 bits per heavy atom. The minimum Gasteiger partial charge on any atom is -0.454 e. The van der Waals surface area contributed by atoms with Gasteiger partial charge in [0.25, 0.3) is 5.91 Å². The molecule has 7 nitrogen and oxygen atoms in total. The fraction of sp³-hybridized carbons (Fsp3) is 0.273. The van der Waals surface area contributed by atoms with E-state index in [1.54, 1.807) is 0 Å². The first kappa shape index (κ1) is 17.7. The van der Waals surface area contributed by atoms with E-state index in [1.807, 2.05) is 0 Å². The van der Waals surface area contributed by atoms with Crippen molar-refractivity contribution in [1.29, 1.82) is 0 Å². The Balaban J connectivity index is 2.82. The van der Waals surface area contributed by atoms with Crippen LogP contribution in [0.1, 0.15) is 6.92 Å². The van der Waals surface area contributed by atoms with E-state index in [9.17, 15) is 18.0 Å². The zero-order chi connectivity index (χ0) is 16.2. The number of esters is 1. The van der Waals surface area contributed by atoms with Crippen molar-refractivity contribution < 1.29 is 22.7 Å². The van der Waals surface area contributed by atoms with Gasteiger partial charge in [0.15, 0.2) is 6.61 Å². The molecule has 10 heteroatoms. The topological polar surface area (TPSA) is 116 Å². The first-order chi connectivity index (χ1) is 9.63. The molecule has 0 saturated carbocycles. The van der Waals surface area contributed by atoms with Crippen molar-refractivity contribution in [3.8, 4) is 0 Å². The number of ether oxygens (including phenoxy) is 1. The van der Waals surface area contributed by atoms with E-state index in [1.165, 1.54) is 19.1 Å². The largest absolute Gasteiger partial charge is 0.454 e. The number of hydrogen-bond acceptors (Lipinski definition) is 5. The molecule has 1 atom stereocenters. The number of rotatable bonds is 6. The van der Waals surface area contributed by atoms with Gasteiger partial charge in [-0.15, -0.1) is 0 Å². The Bertz CT molecular complexity index is 663. The molecule has 0 aliphatic heterocycles. The predicted octanol–water partition coefficient (Wildman–Crippen LogP) is 0.689. The van der Waals surface area contributed by atoms with E-state index in [2.05, 4.69) is 9.46 Å². The van der Waals surface area contributed by atoms with E-state index in [0.29, 0.717) is 0 Å². The van der Waals surface area contributed by atoms with Gasteiger partial charge in [-0.25, -0.2) is 8.42 Å². The van der Waals surface area contributed by atoms with Crippen molar-refractivity contribution in [3.05, 3.63) is 28.2 Å². The Kier molecular flexibility index (Phi) is 5.97. The lowest BCUT2D eigenvalue weighted by molar-refractivity contribution is -0.149. The number of benzene rings is 1. The van der Waals surface area contributed by atoms with Crippen LogP contribution in [0, 0.1) is 0 Å². The normalized spacial score (nSPS) is 12.7. The van der Waals surface area contributed by atoms with Crippen LogP contribution in [-0.2, 0) is 24.3 Å². The van der Waals surface area contributed by atoms with E-state index in [0.717, 1.165) is 6.07 Å². The summed E-state index contributed by atoms with van der Waals surface area (Å²) in [5.41, 5.74) is 4.81. The first-order valence-electron chi connectivity index (χ1n) is 5.56. The average Bonchev–Trinajstić information content (AvgIpc) is 2.38. The van der Waals surface area contributed by atoms with E-state index < -0.39 is 34.5 Å². The highest BCUT2D eigenvalue weighted by Crippen LogP contribution is 2.24. The molecule has 116 valence electrons. The van der Waals surface area contributed by atoms with Crippen molar-refractivity contribution in [2.24, 2.45) is 5.73 Å². The summed E-state index contributed by atoms with van der Waals surface area (Å²) in [6.07, 6.45) is 0. The Hall–Kier alpha value is -1.35. The molecule has 21 heavy (non-hydrogen) atoms. The molecule has 1 aromatic carbocycles. The molecule has 0 aliphatic rings. The molecule has 1 amide bonds. The quantitative estimate of drug-likeness (QED) is 0.729. The number of hydrogen-bond donors (Lipinski definition) is 2. The Morgan fingerprint density at radius 3 is 2.48 bits per heavy atom. The van der Waals surface area contributed by atoms with Crippen LogP contribution in [-0.4, -0.2) is 32.9 Å². The molecule has 1 aromatic rings. The lowest BCUT2D eigenvalue weighted by Gasteiger charge is -2.13. The summed E-state index contributed by atoms with van der Waals surface area (Å²) in [6, 6.07) is 2.49. The summed E-state index contributed by atoms with van der Waals surface area (Å²) in [4.78, 5) is 21.8. The number of nitrogens with two attached hydrogens (primary N) is 1. The van der Waals surface area contributed by atoms with Gasteiger partial charge in [0.1, 0.15) is 6.04 Å². The van der Waals surface area contributed by atoms with Gasteiger partial charge in [-0.1, -0.05) is 23.2 Å². The minimum absolute atomic E-state index is 0.0588. The highest BCUT2D eigenvalue weighted by molar-refractivity contribution is 7.89. The zero-order valence-electron chi connectivity index (χ0n) is 10.8. The van der Waals surface area contributed by atoms with Crippen LogP contribution >= 0.6 is 23.2 Å². The highest BCUT2D eigenvalue weighted by atomic mass is 35.5. The van der Waals surface area contributed by atoms with Gasteiger partial charge in [-0.3, -0.25) is 9.59 Å². The Morgan fingerprint density at radius 2 is 1.95 bits per heavy atom. The molecule has 0 saturated heterocycles. The van der Waals surface area contributed by atoms with Gasteiger partial charge >= 0.3 is 5.97 Å². The maximum atomic E-state index is 12.0. The number of carbonyl (C=O) groups is 2. The second-order valence-corrected chi connectivity index (χ2v) is 6.52. The minimum atomic E-state index is -3.99. The first-order valence-corrected chi connectivity index (χ1v) is 7.79. The molecule has 1 rings (SSSR count). The molecule has 0 unspecified atom stereocenters. The maximum Gasteiger partial charge on any atom is 0.324 e. The molecule has 0 bridgehead atoms. The number of halogens is 2. The molecular weight excluding hydrogens is 343 g/mol. The zero-order valence-corrected chi connectivity index (χ0v) is 13.1. The fourth-order valence-electron chi connectivity index (χ4n) is 1.26. The molecule has 0 radical (unpaired) electrons. The van der Waals surface area contributed by atoms with Gasteiger partial charge in [-0.2, -0.15) is 4.72 Å². The summed E-state index contributed by atoms with van der Waals surface area (Å²) in [5.74, 6) is -1.78. The van der Waals surface area contributed by atoms with Crippen LogP contribution in [0.2, 0.25) is 10.0 Å². The standard InChI is InChI=1S/C11H12Cl2N2O5S/c1-6(11(17)20-5-10(14)16)15-21(18,19)7-2-3-8(12)9(13)4-7/h2-4,6,15H,5H2,1H3,(H2,14,16)/t6-/m0/s1. The summed E-state index contributed by atoms with van der Waals surface area (Å²) in [7, 11) is -3.99. The van der Waals surface area contributed by atoms with Crippen LogP contribution in [0.25, 0.3) is 0 Å². The SMILES string of the molecule is C[C@H](NS(=O)(=O)c1ccc(Cl)c(Cl)c1)C(=O)OCC(N)=O. The smallest absolute Gasteiger partial charge is 0.324 e. The van der Waals surface area contributed by atoms with Crippen molar-refractivity contribution >= 4 is 45.1 Å². The highest BCUT2D eigenvalue weighted by Gasteiger charge is 2.24. The third-order valence-corrected chi connectivity index (χ3v) is 4.52. The number of nitrogens with one attached hydrogen (secondary N) is 1. The summed E-state index contributed by atoms with van der Waals surface area (Å²) in [6.45, 7) is 0.635. The second kappa shape index (κ2) is 7.08. The second-order valence-electron chi connectivity index (χ2n) is 3.99. The molecule has 0 heterocycles. The van der Waals surface area contributed by atoms with Crippen LogP contribution in [0.5, 0.6) is 0 Å². The number of carbonyl (C=O) groups excluding carboxylic acids is 2. The van der Waals surface area contributed by atoms with Crippen molar-refractivity contribution in [3.63, 3.8) is 0 Å². The van der Waals surface area contributed by atoms with E-state index in [4.69, 9.17) is 28.9 Å². The molecule has 3 N–H and O–H groups in total. The van der Waals surface area contributed by atoms with Crippen molar-refractivity contribution in [2.45, 2.75) is 17.9 Å². The fourth-order valence-corrected chi connectivity index (χ4v) is 2.84. The molecule has 0 spiro atoms. The summed E-state index contributed by atoms with van der Waals surface area (Å²) >= 11 is 11.4. The summed E-state index contributed by atoms with van der Waals surface area (Å²) < 4.78 is 30.7. The lowest BCUT2D eigenvalue weighted by atomic mass is 10.4. The molecule has 0 aliphatic carbocycles. The van der Waals surface area contributed by atoms with Crippen LogP contribution < -0.4 is 10.5 Å². The van der Waals surface area contributed by atoms with Gasteiger partial charge in [0.05, 0.1) is 14.9 Å². The van der Waals surface area contributed by atoms with Gasteiger partial charge in [-0.05, 0) is 25.1 Å². The monoisotopic (exact) mass is 354 g/mol. The van der Waals surface area contributed by atoms with Crippen molar-refractivity contribution in [2.75, 3.05) is 6.61 Å². The molecular formula is C11H12Cl2N2O5S. The maximum absolute atomic E-state index is 12.0. The number of amides is 1. The van der Waals surface area contributed by atoms with E-state index in [-0.39, 0.29) is 14.9 Å². The van der Waals surface area contributed by atoms with Gasteiger partial charge < -0.3 is 10.5 Å². The average molecular weight is 355 g/mol. The predicted molar refractivity (Wildman–Crippen MR) is 76.4 cm³/mol. The van der Waals surface area contributed by atoms with Crippen molar-refractivity contribution in [1.82, 2.24) is 4.72 Å². The van der Waals surface area contributed by atoms with Gasteiger partial charge in [0.2, 0.25) is 10.0 Å². The molecule has 0 fully saturated rings. The lowest BCUT2D eigenvalue weighted by Crippen LogP contribution is -2.40. The number of primary amides is 1. The summed E-state index contributed by atoms with van der Waals surface area (Å²) in [5, 5.41) is 0.257. The molecule has 0 aromatic heterocycles. The van der Waals surface area contributed by atoms with Crippen LogP contribution in [0.15, 0.2) is 23.1 Å². The third kappa shape index (κ3) is 5.16. The Labute approximate surface area is 131 Å². The van der Waals surface area contributed by atoms with Gasteiger partial charge in [0, 0.05) is 0 Å². The third-order valence-electron chi connectivity index (χ3n) is 2.24. The number of sulfonamides is 1.